The lowest BCUT2D eigenvalue weighted by atomic mass is 9.49. The van der Waals surface area contributed by atoms with E-state index in [0.29, 0.717) is 0 Å². The summed E-state index contributed by atoms with van der Waals surface area (Å²) in [5.74, 6) is -3.56. The fraction of sp³-hybridized carbons (Fsp3) is 0.545. The molecule has 2 atom stereocenters. The highest BCUT2D eigenvalue weighted by Crippen LogP contribution is 2.63. The van der Waals surface area contributed by atoms with E-state index in [0.717, 1.165) is 39.7 Å². The van der Waals surface area contributed by atoms with Crippen LogP contribution in [0, 0.1) is 10.8 Å². The fourth-order valence-corrected chi connectivity index (χ4v) is 5.88. The summed E-state index contributed by atoms with van der Waals surface area (Å²) in [6.07, 6.45) is -0.529. The quantitative estimate of drug-likeness (QED) is 0.393. The molecule has 9 nitrogen and oxygen atoms in total. The average molecular weight is 433 g/mol. The predicted octanol–water partition coefficient (Wildman–Crippen LogP) is 1.22. The molecule has 1 aliphatic carbocycles. The number of carbonyl (C=O) groups is 4. The van der Waals surface area contributed by atoms with Gasteiger partial charge in [-0.25, -0.2) is 0 Å². The van der Waals surface area contributed by atoms with Crippen molar-refractivity contribution in [3.8, 4) is 0 Å². The van der Waals surface area contributed by atoms with Crippen LogP contribution < -0.4 is 4.90 Å². The van der Waals surface area contributed by atoms with Crippen molar-refractivity contribution in [1.82, 2.24) is 0 Å². The molecule has 1 heterocycles. The number of para-hydroxylation sites is 1. The van der Waals surface area contributed by atoms with Crippen molar-refractivity contribution in [2.45, 2.75) is 31.2 Å². The van der Waals surface area contributed by atoms with Gasteiger partial charge in [0.15, 0.2) is 10.8 Å². The maximum atomic E-state index is 13.3. The molecule has 168 valence electrons. The molecule has 2 aliphatic rings. The first-order valence-electron chi connectivity index (χ1n) is 9.76. The van der Waals surface area contributed by atoms with Gasteiger partial charge in [0.05, 0.1) is 34.5 Å². The predicted molar refractivity (Wildman–Crippen MR) is 108 cm³/mol. The van der Waals surface area contributed by atoms with Crippen LogP contribution in [-0.2, 0) is 43.5 Å². The smallest absolute Gasteiger partial charge is 0.325 e. The van der Waals surface area contributed by atoms with E-state index < -0.39 is 52.6 Å². The molecule has 31 heavy (non-hydrogen) atoms. The first-order valence-corrected chi connectivity index (χ1v) is 9.76. The third kappa shape index (κ3) is 2.75. The van der Waals surface area contributed by atoms with Gasteiger partial charge >= 0.3 is 23.9 Å². The fourth-order valence-electron chi connectivity index (χ4n) is 5.88. The van der Waals surface area contributed by atoms with Crippen LogP contribution in [0.1, 0.15) is 25.3 Å². The number of esters is 4. The summed E-state index contributed by atoms with van der Waals surface area (Å²) in [4.78, 5) is 54.6. The number of benzene rings is 1. The lowest BCUT2D eigenvalue weighted by Gasteiger charge is -2.53. The monoisotopic (exact) mass is 433 g/mol. The molecular weight excluding hydrogens is 406 g/mol. The van der Waals surface area contributed by atoms with Gasteiger partial charge in [-0.1, -0.05) is 25.1 Å². The van der Waals surface area contributed by atoms with Crippen molar-refractivity contribution in [2.75, 3.05) is 40.4 Å². The van der Waals surface area contributed by atoms with Crippen molar-refractivity contribution in [1.29, 1.82) is 0 Å². The van der Waals surface area contributed by atoms with Crippen molar-refractivity contribution in [2.24, 2.45) is 10.8 Å². The van der Waals surface area contributed by atoms with Crippen molar-refractivity contribution < 1.29 is 38.1 Å². The lowest BCUT2D eigenvalue weighted by molar-refractivity contribution is -0.191. The number of fused-ring (bicyclic) bond motifs is 3. The maximum Gasteiger partial charge on any atom is 0.325 e. The highest BCUT2D eigenvalue weighted by atomic mass is 16.6. The Bertz CT molecular complexity index is 909. The molecular formula is C22H27NO8. The van der Waals surface area contributed by atoms with Gasteiger partial charge in [-0.2, -0.15) is 0 Å². The van der Waals surface area contributed by atoms with Crippen LogP contribution in [0.2, 0.25) is 0 Å². The van der Waals surface area contributed by atoms with Crippen LogP contribution in [-0.4, -0.2) is 65.4 Å². The number of rotatable bonds is 4. The average Bonchev–Trinajstić information content (AvgIpc) is 3.02. The normalized spacial score (nSPS) is 25.0. The molecule has 1 fully saturated rings. The Labute approximate surface area is 180 Å². The summed E-state index contributed by atoms with van der Waals surface area (Å²) in [6, 6.07) is 6.60. The van der Waals surface area contributed by atoms with Crippen LogP contribution in [0.5, 0.6) is 0 Å². The van der Waals surface area contributed by atoms with E-state index in [1.165, 1.54) is 0 Å². The van der Waals surface area contributed by atoms with Gasteiger partial charge in [0.25, 0.3) is 0 Å². The molecule has 9 heteroatoms. The molecule has 0 bridgehead atoms. The second-order valence-electron chi connectivity index (χ2n) is 8.32. The van der Waals surface area contributed by atoms with E-state index >= 15 is 0 Å². The highest BCUT2D eigenvalue weighted by Gasteiger charge is 2.75. The van der Waals surface area contributed by atoms with E-state index in [-0.39, 0.29) is 6.42 Å². The summed E-state index contributed by atoms with van der Waals surface area (Å²) in [6.45, 7) is 1.82. The van der Waals surface area contributed by atoms with Gasteiger partial charge in [0, 0.05) is 24.6 Å². The molecule has 1 saturated carbocycles. The Kier molecular flexibility index (Phi) is 5.50. The Balaban J connectivity index is 2.43. The number of hydrogen-bond acceptors (Lipinski definition) is 9. The first-order chi connectivity index (χ1) is 14.6. The summed E-state index contributed by atoms with van der Waals surface area (Å²) in [7, 11) is 6.36. The second kappa shape index (κ2) is 7.55. The van der Waals surface area contributed by atoms with E-state index in [9.17, 15) is 19.2 Å². The molecule has 0 radical (unpaired) electrons. The Morgan fingerprint density at radius 3 is 1.81 bits per heavy atom. The minimum atomic E-state index is -1.99. The van der Waals surface area contributed by atoms with Gasteiger partial charge in [-0.05, 0) is 18.1 Å². The number of methoxy groups -OCH3 is 4. The van der Waals surface area contributed by atoms with Crippen molar-refractivity contribution in [3.63, 3.8) is 0 Å². The Morgan fingerprint density at radius 2 is 1.32 bits per heavy atom. The molecule has 1 aromatic rings. The summed E-state index contributed by atoms with van der Waals surface area (Å²) < 4.78 is 20.1. The van der Waals surface area contributed by atoms with E-state index in [1.54, 1.807) is 7.05 Å². The number of likely N-dealkylation sites (N-methyl/N-ethyl adjacent to an activating group) is 1. The Hall–Kier alpha value is -3.10. The number of nitrogens with zero attached hydrogens (tertiary/aromatic N) is 1. The van der Waals surface area contributed by atoms with Gasteiger partial charge in [-0.15, -0.1) is 0 Å². The molecule has 0 saturated heterocycles. The highest BCUT2D eigenvalue weighted by molar-refractivity contribution is 6.07. The first kappa shape index (κ1) is 22.6. The standard InChI is InChI=1S/C22H27NO8/c1-20-11-21(16(24)28-3,17(25)29-4)12-22(18(26)30-5,19(27)31-6)15(20)23(2)14-10-8-7-9-13(14)20/h7-10,15H,11-12H2,1-6H3/t15-,20+/m1/s1. The number of anilines is 1. The number of hydrogen-bond donors (Lipinski definition) is 0. The van der Waals surface area contributed by atoms with Gasteiger partial charge in [-0.3, -0.25) is 19.2 Å². The molecule has 0 unspecified atom stereocenters. The van der Waals surface area contributed by atoms with Crippen LogP contribution >= 0.6 is 0 Å². The van der Waals surface area contributed by atoms with Crippen LogP contribution in [0.25, 0.3) is 0 Å². The van der Waals surface area contributed by atoms with Gasteiger partial charge < -0.3 is 23.8 Å². The van der Waals surface area contributed by atoms with E-state index in [4.69, 9.17) is 18.9 Å². The SMILES string of the molecule is COC(=O)C1(C(=O)OC)CC(C(=O)OC)(C(=O)OC)[C@@H]2N(C)c3ccccc3[C@]2(C)C1. The molecule has 1 aromatic carbocycles. The minimum absolute atomic E-state index is 0.0267. The molecule has 0 aromatic heterocycles. The topological polar surface area (TPSA) is 108 Å². The minimum Gasteiger partial charge on any atom is -0.468 e. The summed E-state index contributed by atoms with van der Waals surface area (Å²) >= 11 is 0. The van der Waals surface area contributed by atoms with Crippen molar-refractivity contribution in [3.05, 3.63) is 29.8 Å². The molecule has 3 rings (SSSR count). The molecule has 0 N–H and O–H groups in total. The molecule has 0 spiro atoms. The largest absolute Gasteiger partial charge is 0.468 e. The zero-order chi connectivity index (χ0) is 23.2. The van der Waals surface area contributed by atoms with Crippen LogP contribution in [0.4, 0.5) is 5.69 Å². The van der Waals surface area contributed by atoms with E-state index in [1.807, 2.05) is 36.1 Å². The summed E-state index contributed by atoms with van der Waals surface area (Å²) in [5, 5.41) is 0. The third-order valence-electron chi connectivity index (χ3n) is 6.86. The zero-order valence-electron chi connectivity index (χ0n) is 18.5. The summed E-state index contributed by atoms with van der Waals surface area (Å²) in [5.41, 5.74) is -3.34. The van der Waals surface area contributed by atoms with E-state index in [2.05, 4.69) is 0 Å². The number of ether oxygens (including phenoxy) is 4. The molecule has 1 aliphatic heterocycles. The van der Waals surface area contributed by atoms with Crippen LogP contribution in [0.15, 0.2) is 24.3 Å². The van der Waals surface area contributed by atoms with Gasteiger partial charge in [0.2, 0.25) is 0 Å². The number of carbonyl (C=O) groups excluding carboxylic acids is 4. The second-order valence-corrected chi connectivity index (χ2v) is 8.32. The van der Waals surface area contributed by atoms with Crippen molar-refractivity contribution >= 4 is 29.6 Å². The third-order valence-corrected chi connectivity index (χ3v) is 6.86. The zero-order valence-corrected chi connectivity index (χ0v) is 18.5. The molecule has 0 amide bonds. The Morgan fingerprint density at radius 1 is 0.839 bits per heavy atom. The maximum absolute atomic E-state index is 13.3. The van der Waals surface area contributed by atoms with Gasteiger partial charge in [0.1, 0.15) is 0 Å². The lowest BCUT2D eigenvalue weighted by Crippen LogP contribution is -2.69. The van der Waals surface area contributed by atoms with Crippen LogP contribution in [0.3, 0.4) is 0 Å².